The second-order valence-electron chi connectivity index (χ2n) is 4.27. The van der Waals surface area contributed by atoms with Gasteiger partial charge in [-0.15, -0.1) is 0 Å². The summed E-state index contributed by atoms with van der Waals surface area (Å²) < 4.78 is 12.2. The fourth-order valence-corrected chi connectivity index (χ4v) is 2.14. The first-order valence-electron chi connectivity index (χ1n) is 6.49. The number of aliphatic hydroxyl groups excluding tert-OH is 1. The van der Waals surface area contributed by atoms with Gasteiger partial charge in [-0.3, -0.25) is 0 Å². The number of halogens is 1. The van der Waals surface area contributed by atoms with Crippen molar-refractivity contribution >= 4 is 15.9 Å². The lowest BCUT2D eigenvalue weighted by Gasteiger charge is -2.09. The summed E-state index contributed by atoms with van der Waals surface area (Å²) in [6.07, 6.45) is 0.673. The van der Waals surface area contributed by atoms with Crippen molar-refractivity contribution in [2.45, 2.75) is 6.42 Å². The molecule has 0 saturated carbocycles. The molecule has 0 unspecified atom stereocenters. The summed E-state index contributed by atoms with van der Waals surface area (Å²) in [5.74, 6) is 1.63. The molecule has 0 heterocycles. The van der Waals surface area contributed by atoms with Gasteiger partial charge >= 0.3 is 0 Å². The van der Waals surface area contributed by atoms with Crippen molar-refractivity contribution in [2.75, 3.05) is 19.8 Å². The van der Waals surface area contributed by atoms with Crippen LogP contribution in [0.15, 0.2) is 53.0 Å². The highest BCUT2D eigenvalue weighted by molar-refractivity contribution is 9.10. The Bertz CT molecular complexity index is 526. The van der Waals surface area contributed by atoms with Gasteiger partial charge in [-0.1, -0.05) is 34.1 Å². The minimum Gasteiger partial charge on any atom is -0.490 e. The Kier molecular flexibility index (Phi) is 5.89. The predicted octanol–water partition coefficient (Wildman–Crippen LogP) is 3.44. The van der Waals surface area contributed by atoms with Crippen molar-refractivity contribution in [1.82, 2.24) is 0 Å². The van der Waals surface area contributed by atoms with E-state index < -0.39 is 0 Å². The van der Waals surface area contributed by atoms with E-state index in [1.54, 1.807) is 0 Å². The molecule has 0 bridgehead atoms. The van der Waals surface area contributed by atoms with Crippen LogP contribution < -0.4 is 9.47 Å². The fraction of sp³-hybridized carbons (Fsp3) is 0.250. The molecule has 0 spiro atoms. The topological polar surface area (TPSA) is 38.7 Å². The number of benzene rings is 2. The Morgan fingerprint density at radius 2 is 1.60 bits per heavy atom. The van der Waals surface area contributed by atoms with Crippen LogP contribution in [-0.2, 0) is 6.42 Å². The zero-order valence-corrected chi connectivity index (χ0v) is 12.7. The highest BCUT2D eigenvalue weighted by atomic mass is 79.9. The lowest BCUT2D eigenvalue weighted by molar-refractivity contribution is 0.217. The summed E-state index contributed by atoms with van der Waals surface area (Å²) in [4.78, 5) is 0. The van der Waals surface area contributed by atoms with Crippen molar-refractivity contribution in [3.8, 4) is 11.5 Å². The Morgan fingerprint density at radius 3 is 2.25 bits per heavy atom. The van der Waals surface area contributed by atoms with Gasteiger partial charge in [-0.05, 0) is 42.3 Å². The zero-order chi connectivity index (χ0) is 14.2. The van der Waals surface area contributed by atoms with E-state index in [1.165, 1.54) is 0 Å². The van der Waals surface area contributed by atoms with Gasteiger partial charge in [0.25, 0.3) is 0 Å². The number of aliphatic hydroxyl groups is 1. The van der Waals surface area contributed by atoms with Gasteiger partial charge in [0, 0.05) is 11.1 Å². The molecule has 20 heavy (non-hydrogen) atoms. The summed E-state index contributed by atoms with van der Waals surface area (Å²) in [5.41, 5.74) is 1.10. The van der Waals surface area contributed by atoms with Crippen molar-refractivity contribution in [2.24, 2.45) is 0 Å². The predicted molar refractivity (Wildman–Crippen MR) is 82.4 cm³/mol. The molecule has 0 radical (unpaired) electrons. The molecule has 4 heteroatoms. The Balaban J connectivity index is 1.73. The molecule has 0 saturated heterocycles. The van der Waals surface area contributed by atoms with E-state index in [9.17, 15) is 0 Å². The average molecular weight is 337 g/mol. The Morgan fingerprint density at radius 1 is 0.900 bits per heavy atom. The fourth-order valence-electron chi connectivity index (χ4n) is 1.76. The summed E-state index contributed by atoms with van der Waals surface area (Å²) in [6.45, 7) is 1.15. The van der Waals surface area contributed by atoms with Crippen LogP contribution in [0.25, 0.3) is 0 Å². The van der Waals surface area contributed by atoms with Crippen LogP contribution in [0.3, 0.4) is 0 Å². The van der Waals surface area contributed by atoms with Crippen LogP contribution in [0, 0.1) is 0 Å². The van der Waals surface area contributed by atoms with E-state index in [1.807, 2.05) is 48.5 Å². The van der Waals surface area contributed by atoms with Crippen LogP contribution in [-0.4, -0.2) is 24.9 Å². The third kappa shape index (κ3) is 4.87. The number of hydrogen-bond donors (Lipinski definition) is 1. The van der Waals surface area contributed by atoms with Crippen LogP contribution >= 0.6 is 15.9 Å². The van der Waals surface area contributed by atoms with E-state index in [0.29, 0.717) is 19.6 Å². The van der Waals surface area contributed by atoms with E-state index in [-0.39, 0.29) is 6.61 Å². The van der Waals surface area contributed by atoms with Gasteiger partial charge in [0.1, 0.15) is 24.7 Å². The first kappa shape index (κ1) is 14.9. The molecule has 0 aliphatic carbocycles. The molecule has 2 aromatic carbocycles. The van der Waals surface area contributed by atoms with Gasteiger partial charge in [0.2, 0.25) is 0 Å². The van der Waals surface area contributed by atoms with Gasteiger partial charge in [0.05, 0.1) is 0 Å². The minimum atomic E-state index is 0.167. The molecule has 3 nitrogen and oxygen atoms in total. The number of ether oxygens (including phenoxy) is 2. The van der Waals surface area contributed by atoms with Gasteiger partial charge in [0.15, 0.2) is 0 Å². The average Bonchev–Trinajstić information content (AvgIpc) is 2.46. The first-order valence-corrected chi connectivity index (χ1v) is 7.28. The maximum Gasteiger partial charge on any atom is 0.122 e. The first-order chi connectivity index (χ1) is 9.78. The van der Waals surface area contributed by atoms with Crippen LogP contribution in [0.5, 0.6) is 11.5 Å². The molecular formula is C16H17BrO3. The number of rotatable bonds is 7. The Hall–Kier alpha value is -1.52. The van der Waals surface area contributed by atoms with Crippen molar-refractivity contribution in [1.29, 1.82) is 0 Å². The quantitative estimate of drug-likeness (QED) is 0.787. The largest absolute Gasteiger partial charge is 0.490 e. The molecule has 2 rings (SSSR count). The summed E-state index contributed by atoms with van der Waals surface area (Å²) in [5, 5.41) is 8.84. The second kappa shape index (κ2) is 7.92. The van der Waals surface area contributed by atoms with E-state index in [0.717, 1.165) is 21.5 Å². The molecule has 0 fully saturated rings. The SMILES string of the molecule is OCCc1ccc(OCCOc2cccc(Br)c2)cc1. The highest BCUT2D eigenvalue weighted by Gasteiger charge is 1.97. The monoisotopic (exact) mass is 336 g/mol. The maximum atomic E-state index is 8.84. The zero-order valence-electron chi connectivity index (χ0n) is 11.1. The molecular weight excluding hydrogens is 320 g/mol. The lowest BCUT2D eigenvalue weighted by Crippen LogP contribution is -2.09. The van der Waals surface area contributed by atoms with Crippen molar-refractivity contribution < 1.29 is 14.6 Å². The van der Waals surface area contributed by atoms with Crippen LogP contribution in [0.1, 0.15) is 5.56 Å². The van der Waals surface area contributed by atoms with Gasteiger partial charge < -0.3 is 14.6 Å². The normalized spacial score (nSPS) is 10.3. The van der Waals surface area contributed by atoms with Gasteiger partial charge in [-0.25, -0.2) is 0 Å². The molecule has 0 atom stereocenters. The highest BCUT2D eigenvalue weighted by Crippen LogP contribution is 2.18. The summed E-state index contributed by atoms with van der Waals surface area (Å²) >= 11 is 3.40. The van der Waals surface area contributed by atoms with Crippen molar-refractivity contribution in [3.63, 3.8) is 0 Å². The number of hydrogen-bond acceptors (Lipinski definition) is 3. The van der Waals surface area contributed by atoms with Gasteiger partial charge in [-0.2, -0.15) is 0 Å². The van der Waals surface area contributed by atoms with Crippen LogP contribution in [0.2, 0.25) is 0 Å². The van der Waals surface area contributed by atoms with E-state index in [4.69, 9.17) is 14.6 Å². The standard InChI is InChI=1S/C16H17BrO3/c17-14-2-1-3-16(12-14)20-11-10-19-15-6-4-13(5-7-15)8-9-18/h1-7,12,18H,8-11H2. The maximum absolute atomic E-state index is 8.84. The smallest absolute Gasteiger partial charge is 0.122 e. The molecule has 0 aromatic heterocycles. The molecule has 106 valence electrons. The minimum absolute atomic E-state index is 0.167. The molecule has 0 aliphatic rings. The van der Waals surface area contributed by atoms with E-state index >= 15 is 0 Å². The Labute approximate surface area is 127 Å². The molecule has 2 aromatic rings. The lowest BCUT2D eigenvalue weighted by atomic mass is 10.1. The molecule has 1 N–H and O–H groups in total. The third-order valence-electron chi connectivity index (χ3n) is 2.74. The van der Waals surface area contributed by atoms with Crippen molar-refractivity contribution in [3.05, 3.63) is 58.6 Å². The third-order valence-corrected chi connectivity index (χ3v) is 3.23. The molecule has 0 aliphatic heterocycles. The summed E-state index contributed by atoms with van der Waals surface area (Å²) in [6, 6.07) is 15.4. The van der Waals surface area contributed by atoms with E-state index in [2.05, 4.69) is 15.9 Å². The second-order valence-corrected chi connectivity index (χ2v) is 5.19. The summed E-state index contributed by atoms with van der Waals surface area (Å²) in [7, 11) is 0. The van der Waals surface area contributed by atoms with Crippen LogP contribution in [0.4, 0.5) is 0 Å². The molecule has 0 amide bonds.